The van der Waals surface area contributed by atoms with Gasteiger partial charge in [-0.25, -0.2) is 9.82 Å². The van der Waals surface area contributed by atoms with E-state index in [0.717, 1.165) is 16.5 Å². The van der Waals surface area contributed by atoms with Gasteiger partial charge in [0.1, 0.15) is 5.82 Å². The molecule has 2 aromatic rings. The predicted molar refractivity (Wildman–Crippen MR) is 79.7 cm³/mol. The maximum absolute atomic E-state index is 13.0. The Morgan fingerprint density at radius 1 is 1.25 bits per heavy atom. The second-order valence-electron chi connectivity index (χ2n) is 3.98. The Hall–Kier alpha value is -2.14. The molecule has 0 atom stereocenters. The molecule has 0 spiro atoms. The van der Waals surface area contributed by atoms with Gasteiger partial charge in [-0.2, -0.15) is 5.10 Å². The highest BCUT2D eigenvalue weighted by Crippen LogP contribution is 2.13. The van der Waals surface area contributed by atoms with Crippen LogP contribution in [0.2, 0.25) is 0 Å². The van der Waals surface area contributed by atoms with Gasteiger partial charge < -0.3 is 0 Å². The number of halogens is 1. The van der Waals surface area contributed by atoms with Crippen LogP contribution in [0, 0.1) is 5.82 Å². The van der Waals surface area contributed by atoms with Crippen molar-refractivity contribution >= 4 is 23.9 Å². The SMILES string of the molecule is CSc1ccc(C=NNC(=O)c2cccc(F)c2)cc1. The highest BCUT2D eigenvalue weighted by Gasteiger charge is 2.04. The highest BCUT2D eigenvalue weighted by atomic mass is 32.2. The minimum atomic E-state index is -0.450. The fourth-order valence-electron chi connectivity index (χ4n) is 1.55. The van der Waals surface area contributed by atoms with Crippen LogP contribution in [-0.4, -0.2) is 18.4 Å². The molecule has 0 radical (unpaired) electrons. The maximum atomic E-state index is 13.0. The van der Waals surface area contributed by atoms with Crippen molar-refractivity contribution < 1.29 is 9.18 Å². The van der Waals surface area contributed by atoms with E-state index in [4.69, 9.17) is 0 Å². The zero-order chi connectivity index (χ0) is 14.4. The number of hydrogen-bond acceptors (Lipinski definition) is 3. The molecule has 0 aliphatic rings. The molecule has 0 unspecified atom stereocenters. The first-order valence-electron chi connectivity index (χ1n) is 5.92. The summed E-state index contributed by atoms with van der Waals surface area (Å²) in [7, 11) is 0. The topological polar surface area (TPSA) is 41.5 Å². The van der Waals surface area contributed by atoms with Crippen molar-refractivity contribution in [3.05, 3.63) is 65.5 Å². The number of amides is 1. The second kappa shape index (κ2) is 6.86. The van der Waals surface area contributed by atoms with Gasteiger partial charge in [0.15, 0.2) is 0 Å². The number of hydrogen-bond donors (Lipinski definition) is 1. The minimum Gasteiger partial charge on any atom is -0.267 e. The van der Waals surface area contributed by atoms with E-state index in [1.165, 1.54) is 18.2 Å². The Balaban J connectivity index is 1.97. The quantitative estimate of drug-likeness (QED) is 0.533. The lowest BCUT2D eigenvalue weighted by molar-refractivity contribution is 0.0954. The Kier molecular flexibility index (Phi) is 4.90. The molecular weight excluding hydrogens is 275 g/mol. The predicted octanol–water partition coefficient (Wildman–Crippen LogP) is 3.31. The molecule has 20 heavy (non-hydrogen) atoms. The van der Waals surface area contributed by atoms with Crippen LogP contribution in [0.1, 0.15) is 15.9 Å². The molecule has 0 aliphatic carbocycles. The zero-order valence-corrected chi connectivity index (χ0v) is 11.7. The first-order valence-corrected chi connectivity index (χ1v) is 7.14. The zero-order valence-electron chi connectivity index (χ0n) is 10.8. The molecule has 0 heterocycles. The summed E-state index contributed by atoms with van der Waals surface area (Å²) >= 11 is 1.66. The summed E-state index contributed by atoms with van der Waals surface area (Å²) in [6, 6.07) is 13.2. The van der Waals surface area contributed by atoms with Gasteiger partial charge in [-0.05, 0) is 42.2 Å². The van der Waals surface area contributed by atoms with Crippen LogP contribution in [0.5, 0.6) is 0 Å². The molecule has 2 rings (SSSR count). The van der Waals surface area contributed by atoms with Crippen LogP contribution in [0.4, 0.5) is 4.39 Å². The lowest BCUT2D eigenvalue weighted by Gasteiger charge is -2.00. The van der Waals surface area contributed by atoms with Crippen molar-refractivity contribution in [3.8, 4) is 0 Å². The third-order valence-corrected chi connectivity index (χ3v) is 3.33. The molecular formula is C15H13FN2OS. The van der Waals surface area contributed by atoms with Crippen LogP contribution in [0.15, 0.2) is 58.5 Å². The second-order valence-corrected chi connectivity index (χ2v) is 4.86. The van der Waals surface area contributed by atoms with Gasteiger partial charge in [0, 0.05) is 10.5 Å². The van der Waals surface area contributed by atoms with E-state index in [1.54, 1.807) is 18.0 Å². The molecule has 1 N–H and O–H groups in total. The van der Waals surface area contributed by atoms with Crippen LogP contribution >= 0.6 is 11.8 Å². The van der Waals surface area contributed by atoms with Crippen molar-refractivity contribution in [1.29, 1.82) is 0 Å². The normalized spacial score (nSPS) is 10.7. The Bertz CT molecular complexity index is 626. The summed E-state index contributed by atoms with van der Waals surface area (Å²) in [6.45, 7) is 0. The smallest absolute Gasteiger partial charge is 0.267 e. The van der Waals surface area contributed by atoms with Gasteiger partial charge in [0.2, 0.25) is 0 Å². The van der Waals surface area contributed by atoms with Crippen molar-refractivity contribution in [3.63, 3.8) is 0 Å². The summed E-state index contributed by atoms with van der Waals surface area (Å²) in [4.78, 5) is 12.9. The number of hydrazone groups is 1. The van der Waals surface area contributed by atoms with Gasteiger partial charge in [0.25, 0.3) is 5.91 Å². The van der Waals surface area contributed by atoms with E-state index in [-0.39, 0.29) is 5.56 Å². The number of carbonyl (C=O) groups excluding carboxylic acids is 1. The van der Waals surface area contributed by atoms with Gasteiger partial charge in [0.05, 0.1) is 6.21 Å². The van der Waals surface area contributed by atoms with E-state index in [1.807, 2.05) is 30.5 Å². The van der Waals surface area contributed by atoms with Crippen molar-refractivity contribution in [2.75, 3.05) is 6.26 Å². The maximum Gasteiger partial charge on any atom is 0.271 e. The monoisotopic (exact) mass is 288 g/mol. The lowest BCUT2D eigenvalue weighted by Crippen LogP contribution is -2.17. The fourth-order valence-corrected chi connectivity index (χ4v) is 1.96. The summed E-state index contributed by atoms with van der Waals surface area (Å²) in [5, 5.41) is 3.85. The average Bonchev–Trinajstić information content (AvgIpc) is 2.48. The average molecular weight is 288 g/mol. The van der Waals surface area contributed by atoms with Crippen LogP contribution in [0.25, 0.3) is 0 Å². The third kappa shape index (κ3) is 3.93. The number of rotatable bonds is 4. The van der Waals surface area contributed by atoms with E-state index in [9.17, 15) is 9.18 Å². The van der Waals surface area contributed by atoms with Crippen molar-refractivity contribution in [2.45, 2.75) is 4.90 Å². The van der Waals surface area contributed by atoms with Crippen LogP contribution < -0.4 is 5.43 Å². The van der Waals surface area contributed by atoms with Crippen LogP contribution in [-0.2, 0) is 0 Å². The van der Waals surface area contributed by atoms with Gasteiger partial charge in [-0.1, -0.05) is 18.2 Å². The number of nitrogens with one attached hydrogen (secondary N) is 1. The third-order valence-electron chi connectivity index (χ3n) is 2.58. The van der Waals surface area contributed by atoms with E-state index >= 15 is 0 Å². The summed E-state index contributed by atoms with van der Waals surface area (Å²) in [5.41, 5.74) is 3.48. The van der Waals surface area contributed by atoms with Crippen molar-refractivity contribution in [2.24, 2.45) is 5.10 Å². The molecule has 0 fully saturated rings. The summed E-state index contributed by atoms with van der Waals surface area (Å²) in [5.74, 6) is -0.893. The molecule has 0 saturated heterocycles. The molecule has 0 saturated carbocycles. The number of benzene rings is 2. The fraction of sp³-hybridized carbons (Fsp3) is 0.0667. The summed E-state index contributed by atoms with van der Waals surface area (Å²) in [6.07, 6.45) is 3.55. The van der Waals surface area contributed by atoms with Crippen LogP contribution in [0.3, 0.4) is 0 Å². The minimum absolute atomic E-state index is 0.236. The van der Waals surface area contributed by atoms with E-state index in [2.05, 4.69) is 10.5 Å². The molecule has 0 aliphatic heterocycles. The molecule has 3 nitrogen and oxygen atoms in total. The summed E-state index contributed by atoms with van der Waals surface area (Å²) < 4.78 is 13.0. The van der Waals surface area contributed by atoms with Gasteiger partial charge in [-0.15, -0.1) is 11.8 Å². The molecule has 5 heteroatoms. The van der Waals surface area contributed by atoms with E-state index in [0.29, 0.717) is 0 Å². The lowest BCUT2D eigenvalue weighted by atomic mass is 10.2. The number of carbonyl (C=O) groups is 1. The largest absolute Gasteiger partial charge is 0.271 e. The highest BCUT2D eigenvalue weighted by molar-refractivity contribution is 7.98. The molecule has 0 aromatic heterocycles. The Morgan fingerprint density at radius 2 is 2.00 bits per heavy atom. The van der Waals surface area contributed by atoms with Gasteiger partial charge >= 0.3 is 0 Å². The number of thioether (sulfide) groups is 1. The first-order chi connectivity index (χ1) is 9.69. The molecule has 2 aromatic carbocycles. The van der Waals surface area contributed by atoms with Gasteiger partial charge in [-0.3, -0.25) is 4.79 Å². The molecule has 0 bridgehead atoms. The first kappa shape index (κ1) is 14.3. The molecule has 1 amide bonds. The Labute approximate surface area is 120 Å². The Morgan fingerprint density at radius 3 is 2.65 bits per heavy atom. The van der Waals surface area contributed by atoms with E-state index < -0.39 is 11.7 Å². The number of nitrogens with zero attached hydrogens (tertiary/aromatic N) is 1. The standard InChI is InChI=1S/C15H13FN2OS/c1-20-14-7-5-11(6-8-14)10-17-18-15(19)12-3-2-4-13(16)9-12/h2-10H,1H3,(H,18,19). The van der Waals surface area contributed by atoms with Crippen molar-refractivity contribution in [1.82, 2.24) is 5.43 Å². The molecule has 102 valence electrons.